The highest BCUT2D eigenvalue weighted by Gasteiger charge is 1.85. The van der Waals surface area contributed by atoms with Crippen molar-refractivity contribution in [3.05, 3.63) is 0 Å². The number of hydrogen-bond donors (Lipinski definition) is 2. The number of rotatable bonds is 6. The van der Waals surface area contributed by atoms with Gasteiger partial charge >= 0.3 is 0 Å². The quantitative estimate of drug-likeness (QED) is 0.534. The zero-order chi connectivity index (χ0) is 6.95. The SMILES string of the molecule is CNCCSCCCO. The molecule has 0 bridgehead atoms. The first kappa shape index (κ1) is 9.27. The number of aliphatic hydroxyl groups is 1. The average Bonchev–Trinajstić information content (AvgIpc) is 1.89. The highest BCUT2D eigenvalue weighted by molar-refractivity contribution is 7.99. The summed E-state index contributed by atoms with van der Waals surface area (Å²) in [5.74, 6) is 2.23. The van der Waals surface area contributed by atoms with Gasteiger partial charge in [0.05, 0.1) is 0 Å². The zero-order valence-electron chi connectivity index (χ0n) is 5.89. The second-order valence-corrected chi connectivity index (χ2v) is 3.02. The van der Waals surface area contributed by atoms with E-state index in [0.717, 1.165) is 24.5 Å². The van der Waals surface area contributed by atoms with Crippen molar-refractivity contribution in [3.63, 3.8) is 0 Å². The van der Waals surface area contributed by atoms with Crippen molar-refractivity contribution in [1.29, 1.82) is 0 Å². The van der Waals surface area contributed by atoms with Crippen molar-refractivity contribution in [2.24, 2.45) is 0 Å². The van der Waals surface area contributed by atoms with Crippen LogP contribution in [-0.2, 0) is 0 Å². The number of thioether (sulfide) groups is 1. The van der Waals surface area contributed by atoms with Crippen LogP contribution in [-0.4, -0.2) is 36.8 Å². The summed E-state index contributed by atoms with van der Waals surface area (Å²) in [7, 11) is 1.95. The van der Waals surface area contributed by atoms with Gasteiger partial charge in [0.2, 0.25) is 0 Å². The molecule has 0 unspecified atom stereocenters. The van der Waals surface area contributed by atoms with Gasteiger partial charge in [-0.05, 0) is 19.2 Å². The molecule has 0 aromatic carbocycles. The molecule has 0 rings (SSSR count). The molecule has 0 aromatic rings. The summed E-state index contributed by atoms with van der Waals surface area (Å²) in [4.78, 5) is 0. The third kappa shape index (κ3) is 8.27. The van der Waals surface area contributed by atoms with E-state index in [-0.39, 0.29) is 0 Å². The van der Waals surface area contributed by atoms with Gasteiger partial charge in [0.25, 0.3) is 0 Å². The predicted octanol–water partition coefficient (Wildman–Crippen LogP) is 0.321. The van der Waals surface area contributed by atoms with Crippen molar-refractivity contribution in [3.8, 4) is 0 Å². The fourth-order valence-electron chi connectivity index (χ4n) is 0.443. The summed E-state index contributed by atoms with van der Waals surface area (Å²) in [6.45, 7) is 1.39. The largest absolute Gasteiger partial charge is 0.396 e. The lowest BCUT2D eigenvalue weighted by molar-refractivity contribution is 0.296. The van der Waals surface area contributed by atoms with E-state index in [1.807, 2.05) is 18.8 Å². The van der Waals surface area contributed by atoms with E-state index in [0.29, 0.717) is 6.61 Å². The zero-order valence-corrected chi connectivity index (χ0v) is 6.71. The molecule has 0 aliphatic heterocycles. The molecule has 0 heterocycles. The van der Waals surface area contributed by atoms with Gasteiger partial charge in [0.1, 0.15) is 0 Å². The monoisotopic (exact) mass is 149 g/mol. The van der Waals surface area contributed by atoms with E-state index in [2.05, 4.69) is 5.32 Å². The fraction of sp³-hybridized carbons (Fsp3) is 1.00. The second-order valence-electron chi connectivity index (χ2n) is 1.79. The Labute approximate surface area is 61.0 Å². The maximum atomic E-state index is 8.39. The summed E-state index contributed by atoms with van der Waals surface area (Å²) in [5, 5.41) is 11.5. The lowest BCUT2D eigenvalue weighted by Gasteiger charge is -1.97. The number of hydrogen-bond acceptors (Lipinski definition) is 3. The summed E-state index contributed by atoms with van der Waals surface area (Å²) >= 11 is 1.88. The van der Waals surface area contributed by atoms with Gasteiger partial charge in [-0.25, -0.2) is 0 Å². The molecule has 2 nitrogen and oxygen atoms in total. The van der Waals surface area contributed by atoms with E-state index < -0.39 is 0 Å². The molecule has 0 aliphatic rings. The van der Waals surface area contributed by atoms with Gasteiger partial charge in [-0.15, -0.1) is 0 Å². The van der Waals surface area contributed by atoms with Crippen LogP contribution in [0.2, 0.25) is 0 Å². The van der Waals surface area contributed by atoms with Gasteiger partial charge in [-0.2, -0.15) is 11.8 Å². The Morgan fingerprint density at radius 3 is 2.78 bits per heavy atom. The highest BCUT2D eigenvalue weighted by atomic mass is 32.2. The van der Waals surface area contributed by atoms with Crippen molar-refractivity contribution >= 4 is 11.8 Å². The first-order chi connectivity index (χ1) is 4.41. The lowest BCUT2D eigenvalue weighted by atomic mass is 10.5. The standard InChI is InChI=1S/C6H15NOS/c1-7-3-6-9-5-2-4-8/h7-8H,2-6H2,1H3. The molecule has 2 N–H and O–H groups in total. The smallest absolute Gasteiger partial charge is 0.0438 e. The molecule has 0 spiro atoms. The molecular formula is C6H15NOS. The van der Waals surface area contributed by atoms with Crippen LogP contribution in [0.4, 0.5) is 0 Å². The summed E-state index contributed by atoms with van der Waals surface area (Å²) in [6.07, 6.45) is 0.925. The normalized spacial score (nSPS) is 10.0. The molecule has 56 valence electrons. The van der Waals surface area contributed by atoms with Crippen molar-refractivity contribution in [2.75, 3.05) is 31.7 Å². The molecule has 0 amide bonds. The van der Waals surface area contributed by atoms with Gasteiger partial charge in [-0.1, -0.05) is 0 Å². The molecule has 0 saturated heterocycles. The van der Waals surface area contributed by atoms with E-state index in [1.54, 1.807) is 0 Å². The topological polar surface area (TPSA) is 32.3 Å². The van der Waals surface area contributed by atoms with Crippen LogP contribution in [0.25, 0.3) is 0 Å². The Morgan fingerprint density at radius 1 is 1.44 bits per heavy atom. The summed E-state index contributed by atoms with van der Waals surface area (Å²) in [6, 6.07) is 0. The molecule has 3 heteroatoms. The van der Waals surface area contributed by atoms with Gasteiger partial charge < -0.3 is 10.4 Å². The van der Waals surface area contributed by atoms with Crippen molar-refractivity contribution in [2.45, 2.75) is 6.42 Å². The summed E-state index contributed by atoms with van der Waals surface area (Å²) < 4.78 is 0. The molecule has 0 fully saturated rings. The van der Waals surface area contributed by atoms with E-state index >= 15 is 0 Å². The number of aliphatic hydroxyl groups excluding tert-OH is 1. The Morgan fingerprint density at radius 2 is 2.22 bits per heavy atom. The van der Waals surface area contributed by atoms with Crippen molar-refractivity contribution in [1.82, 2.24) is 5.32 Å². The van der Waals surface area contributed by atoms with Crippen LogP contribution in [0.15, 0.2) is 0 Å². The molecule has 0 radical (unpaired) electrons. The Hall–Kier alpha value is 0.270. The predicted molar refractivity (Wildman–Crippen MR) is 43.0 cm³/mol. The Balaban J connectivity index is 2.60. The van der Waals surface area contributed by atoms with E-state index in [1.165, 1.54) is 0 Å². The average molecular weight is 149 g/mol. The Kier molecular flexibility index (Phi) is 8.52. The molecule has 0 atom stereocenters. The molecular weight excluding hydrogens is 134 g/mol. The van der Waals surface area contributed by atoms with Crippen LogP contribution >= 0.6 is 11.8 Å². The second kappa shape index (κ2) is 8.27. The van der Waals surface area contributed by atoms with E-state index in [9.17, 15) is 0 Å². The van der Waals surface area contributed by atoms with Crippen LogP contribution in [0.3, 0.4) is 0 Å². The molecule has 9 heavy (non-hydrogen) atoms. The maximum Gasteiger partial charge on any atom is 0.0438 e. The maximum absolute atomic E-state index is 8.39. The third-order valence-corrected chi connectivity index (χ3v) is 2.01. The Bertz CT molecular complexity index is 46.3. The lowest BCUT2D eigenvalue weighted by Crippen LogP contribution is -2.10. The van der Waals surface area contributed by atoms with Crippen molar-refractivity contribution < 1.29 is 5.11 Å². The first-order valence-electron chi connectivity index (χ1n) is 3.25. The van der Waals surface area contributed by atoms with Crippen LogP contribution in [0, 0.1) is 0 Å². The third-order valence-electron chi connectivity index (χ3n) is 0.943. The van der Waals surface area contributed by atoms with Gasteiger partial charge in [-0.3, -0.25) is 0 Å². The van der Waals surface area contributed by atoms with Crippen LogP contribution in [0.1, 0.15) is 6.42 Å². The molecule has 0 saturated carbocycles. The minimum absolute atomic E-state index is 0.326. The van der Waals surface area contributed by atoms with Crippen LogP contribution in [0.5, 0.6) is 0 Å². The minimum atomic E-state index is 0.326. The van der Waals surface area contributed by atoms with Crippen LogP contribution < -0.4 is 5.32 Å². The minimum Gasteiger partial charge on any atom is -0.396 e. The molecule has 0 aliphatic carbocycles. The number of nitrogens with one attached hydrogen (secondary N) is 1. The van der Waals surface area contributed by atoms with Gasteiger partial charge in [0, 0.05) is 18.9 Å². The highest BCUT2D eigenvalue weighted by Crippen LogP contribution is 1.99. The summed E-state index contributed by atoms with van der Waals surface area (Å²) in [5.41, 5.74) is 0. The first-order valence-corrected chi connectivity index (χ1v) is 4.40. The molecule has 0 aromatic heterocycles. The fourth-order valence-corrected chi connectivity index (χ4v) is 1.33. The van der Waals surface area contributed by atoms with Gasteiger partial charge in [0.15, 0.2) is 0 Å². The van der Waals surface area contributed by atoms with E-state index in [4.69, 9.17) is 5.11 Å².